The van der Waals surface area contributed by atoms with Crippen LogP contribution < -0.4 is 5.32 Å². The molecule has 19 heavy (non-hydrogen) atoms. The number of aryl methyl sites for hydroxylation is 1. The van der Waals surface area contributed by atoms with Gasteiger partial charge in [-0.2, -0.15) is 15.2 Å². The molecule has 0 saturated carbocycles. The largest absolute Gasteiger partial charge is 0.306 e. The number of aromatic amines is 1. The van der Waals surface area contributed by atoms with Crippen LogP contribution in [0.5, 0.6) is 0 Å². The Morgan fingerprint density at radius 3 is 3.11 bits per heavy atom. The van der Waals surface area contributed by atoms with E-state index in [1.807, 2.05) is 6.07 Å². The molecule has 3 aromatic rings. The Labute approximate surface area is 108 Å². The molecule has 0 amide bonds. The highest BCUT2D eigenvalue weighted by Crippen LogP contribution is 2.11. The van der Waals surface area contributed by atoms with E-state index in [0.717, 1.165) is 12.1 Å². The minimum absolute atomic E-state index is 0.389. The third-order valence-electron chi connectivity index (χ3n) is 2.57. The van der Waals surface area contributed by atoms with E-state index in [1.54, 1.807) is 29.5 Å². The quantitative estimate of drug-likeness (QED) is 0.725. The molecule has 3 aromatic heterocycles. The molecule has 0 radical (unpaired) electrons. The zero-order valence-corrected chi connectivity index (χ0v) is 10.3. The molecule has 0 aliphatic rings. The average Bonchev–Trinajstić information content (AvgIpc) is 3.10. The van der Waals surface area contributed by atoms with Crippen molar-refractivity contribution in [1.29, 1.82) is 0 Å². The standard InChI is InChI=1S/C11H12N8/c1-2-8-5-9(17-16-8)14-11-15-10(6-13-18-11)19-4-3-12-7-19/h3-7H,2H2,1H3,(H2,14,15,16,17,18). The van der Waals surface area contributed by atoms with Crippen molar-refractivity contribution in [3.05, 3.63) is 36.7 Å². The van der Waals surface area contributed by atoms with Crippen LogP contribution in [0, 0.1) is 0 Å². The van der Waals surface area contributed by atoms with Crippen LogP contribution in [-0.2, 0) is 6.42 Å². The first-order valence-electron chi connectivity index (χ1n) is 5.84. The second-order valence-electron chi connectivity index (χ2n) is 3.87. The van der Waals surface area contributed by atoms with Gasteiger partial charge in [0.1, 0.15) is 6.33 Å². The van der Waals surface area contributed by atoms with Crippen molar-refractivity contribution >= 4 is 11.8 Å². The first-order chi connectivity index (χ1) is 9.35. The molecular weight excluding hydrogens is 244 g/mol. The van der Waals surface area contributed by atoms with Gasteiger partial charge in [0.25, 0.3) is 0 Å². The molecule has 2 N–H and O–H groups in total. The summed E-state index contributed by atoms with van der Waals surface area (Å²) in [5.41, 5.74) is 1.04. The van der Waals surface area contributed by atoms with Crippen LogP contribution in [0.25, 0.3) is 5.82 Å². The van der Waals surface area contributed by atoms with Crippen LogP contribution in [-0.4, -0.2) is 34.9 Å². The Morgan fingerprint density at radius 2 is 2.37 bits per heavy atom. The van der Waals surface area contributed by atoms with Gasteiger partial charge in [0.15, 0.2) is 11.6 Å². The van der Waals surface area contributed by atoms with E-state index in [0.29, 0.717) is 17.6 Å². The van der Waals surface area contributed by atoms with E-state index in [9.17, 15) is 0 Å². The summed E-state index contributed by atoms with van der Waals surface area (Å²) < 4.78 is 1.75. The molecule has 0 fully saturated rings. The van der Waals surface area contributed by atoms with Gasteiger partial charge < -0.3 is 5.32 Å². The SMILES string of the molecule is CCc1cc(Nc2nncc(-n3ccnc3)n2)n[nH]1. The lowest BCUT2D eigenvalue weighted by atomic mass is 10.3. The molecule has 0 aromatic carbocycles. The van der Waals surface area contributed by atoms with Gasteiger partial charge in [0.05, 0.1) is 6.20 Å². The van der Waals surface area contributed by atoms with E-state index in [1.165, 1.54) is 0 Å². The van der Waals surface area contributed by atoms with Crippen molar-refractivity contribution in [3.63, 3.8) is 0 Å². The molecule has 0 atom stereocenters. The summed E-state index contributed by atoms with van der Waals surface area (Å²) >= 11 is 0. The maximum Gasteiger partial charge on any atom is 0.250 e. The van der Waals surface area contributed by atoms with Crippen molar-refractivity contribution in [3.8, 4) is 5.82 Å². The van der Waals surface area contributed by atoms with E-state index in [4.69, 9.17) is 0 Å². The van der Waals surface area contributed by atoms with Crippen LogP contribution in [0.1, 0.15) is 12.6 Å². The van der Waals surface area contributed by atoms with Crippen molar-refractivity contribution in [2.75, 3.05) is 5.32 Å². The van der Waals surface area contributed by atoms with Crippen LogP contribution in [0.4, 0.5) is 11.8 Å². The second-order valence-corrected chi connectivity index (χ2v) is 3.87. The zero-order valence-electron chi connectivity index (χ0n) is 10.3. The minimum atomic E-state index is 0.389. The number of H-pyrrole nitrogens is 1. The Bertz CT molecular complexity index is 657. The maximum absolute atomic E-state index is 4.33. The average molecular weight is 256 g/mol. The number of hydrogen-bond donors (Lipinski definition) is 2. The van der Waals surface area contributed by atoms with Crippen molar-refractivity contribution in [1.82, 2.24) is 34.9 Å². The highest BCUT2D eigenvalue weighted by atomic mass is 15.3. The van der Waals surface area contributed by atoms with E-state index >= 15 is 0 Å². The van der Waals surface area contributed by atoms with Gasteiger partial charge in [0.2, 0.25) is 5.95 Å². The Morgan fingerprint density at radius 1 is 1.42 bits per heavy atom. The molecule has 0 spiro atoms. The molecule has 3 heterocycles. The summed E-state index contributed by atoms with van der Waals surface area (Å²) in [6.07, 6.45) is 7.57. The normalized spacial score (nSPS) is 10.6. The highest BCUT2D eigenvalue weighted by Gasteiger charge is 2.05. The van der Waals surface area contributed by atoms with Crippen LogP contribution >= 0.6 is 0 Å². The fourth-order valence-corrected chi connectivity index (χ4v) is 1.59. The number of nitrogens with one attached hydrogen (secondary N) is 2. The number of anilines is 2. The van der Waals surface area contributed by atoms with Crippen molar-refractivity contribution in [2.45, 2.75) is 13.3 Å². The Hall–Kier alpha value is -2.77. The second kappa shape index (κ2) is 4.84. The lowest BCUT2D eigenvalue weighted by Crippen LogP contribution is -2.03. The van der Waals surface area contributed by atoms with Crippen LogP contribution in [0.2, 0.25) is 0 Å². The van der Waals surface area contributed by atoms with Gasteiger partial charge in [-0.1, -0.05) is 6.92 Å². The molecular formula is C11H12N8. The number of rotatable bonds is 4. The fourth-order valence-electron chi connectivity index (χ4n) is 1.59. The first kappa shape index (κ1) is 11.3. The number of imidazole rings is 1. The Kier molecular flexibility index (Phi) is 2.89. The molecule has 3 rings (SSSR count). The summed E-state index contributed by atoms with van der Waals surface area (Å²) in [5.74, 6) is 1.70. The third kappa shape index (κ3) is 2.41. The van der Waals surface area contributed by atoms with Gasteiger partial charge in [-0.05, 0) is 6.42 Å². The molecule has 0 unspecified atom stereocenters. The molecule has 0 aliphatic heterocycles. The van der Waals surface area contributed by atoms with Crippen molar-refractivity contribution < 1.29 is 0 Å². The monoisotopic (exact) mass is 256 g/mol. The van der Waals surface area contributed by atoms with Gasteiger partial charge in [-0.3, -0.25) is 9.67 Å². The van der Waals surface area contributed by atoms with Gasteiger partial charge in [-0.15, -0.1) is 5.10 Å². The van der Waals surface area contributed by atoms with Gasteiger partial charge >= 0.3 is 0 Å². The summed E-state index contributed by atoms with van der Waals surface area (Å²) in [4.78, 5) is 8.29. The molecule has 0 saturated heterocycles. The van der Waals surface area contributed by atoms with E-state index in [-0.39, 0.29) is 0 Å². The molecule has 8 nitrogen and oxygen atoms in total. The lowest BCUT2D eigenvalue weighted by Gasteiger charge is -2.03. The fraction of sp³-hybridized carbons (Fsp3) is 0.182. The van der Waals surface area contributed by atoms with E-state index in [2.05, 4.69) is 42.6 Å². The summed E-state index contributed by atoms with van der Waals surface area (Å²) in [7, 11) is 0. The topological polar surface area (TPSA) is 97.2 Å². The Balaban J connectivity index is 1.83. The van der Waals surface area contributed by atoms with Crippen molar-refractivity contribution in [2.24, 2.45) is 0 Å². The molecule has 0 aliphatic carbocycles. The summed E-state index contributed by atoms with van der Waals surface area (Å²) in [5, 5.41) is 17.8. The smallest absolute Gasteiger partial charge is 0.250 e. The summed E-state index contributed by atoms with van der Waals surface area (Å²) in [6, 6.07) is 1.91. The highest BCUT2D eigenvalue weighted by molar-refractivity contribution is 5.48. The predicted octanol–water partition coefficient (Wildman–Crippen LogP) is 1.09. The lowest BCUT2D eigenvalue weighted by molar-refractivity contribution is 0.902. The molecule has 96 valence electrons. The van der Waals surface area contributed by atoms with Gasteiger partial charge in [-0.25, -0.2) is 4.98 Å². The molecule has 0 bridgehead atoms. The predicted molar refractivity (Wildman–Crippen MR) is 68.2 cm³/mol. The van der Waals surface area contributed by atoms with Crippen LogP contribution in [0.3, 0.4) is 0 Å². The zero-order chi connectivity index (χ0) is 13.1. The number of nitrogens with zero attached hydrogens (tertiary/aromatic N) is 6. The first-order valence-corrected chi connectivity index (χ1v) is 5.84. The third-order valence-corrected chi connectivity index (χ3v) is 2.57. The molecule has 8 heteroatoms. The number of hydrogen-bond acceptors (Lipinski definition) is 6. The number of aromatic nitrogens is 7. The van der Waals surface area contributed by atoms with Crippen LogP contribution in [0.15, 0.2) is 31.0 Å². The van der Waals surface area contributed by atoms with Gasteiger partial charge in [0, 0.05) is 24.2 Å². The minimum Gasteiger partial charge on any atom is -0.306 e. The summed E-state index contributed by atoms with van der Waals surface area (Å²) in [6.45, 7) is 2.05. The van der Waals surface area contributed by atoms with E-state index < -0.39 is 0 Å². The maximum atomic E-state index is 4.33.